The summed E-state index contributed by atoms with van der Waals surface area (Å²) in [5.41, 5.74) is 2.12. The highest BCUT2D eigenvalue weighted by atomic mass is 32.1. The van der Waals surface area contributed by atoms with Crippen LogP contribution in [-0.4, -0.2) is 42.0 Å². The molecule has 2 heterocycles. The minimum absolute atomic E-state index is 0.00419. The third-order valence-electron chi connectivity index (χ3n) is 5.13. The second-order valence-electron chi connectivity index (χ2n) is 8.19. The number of aliphatic hydroxyl groups is 1. The third kappa shape index (κ3) is 4.28. The smallest absolute Gasteiger partial charge is 0.290 e. The summed E-state index contributed by atoms with van der Waals surface area (Å²) >= 11 is 1.30. The zero-order valence-electron chi connectivity index (χ0n) is 17.3. The van der Waals surface area contributed by atoms with Gasteiger partial charge >= 0.3 is 0 Å². The van der Waals surface area contributed by atoms with Gasteiger partial charge in [0.1, 0.15) is 0 Å². The van der Waals surface area contributed by atoms with Gasteiger partial charge in [-0.25, -0.2) is 0 Å². The van der Waals surface area contributed by atoms with Crippen LogP contribution in [0.15, 0.2) is 53.1 Å². The number of ketones is 1. The first-order chi connectivity index (χ1) is 13.8. The lowest BCUT2D eigenvalue weighted by Gasteiger charge is -2.27. The minimum Gasteiger partial charge on any atom is -0.503 e. The number of amides is 1. The van der Waals surface area contributed by atoms with E-state index in [4.69, 9.17) is 4.74 Å². The average molecular weight is 414 g/mol. The van der Waals surface area contributed by atoms with E-state index in [2.05, 4.69) is 20.8 Å². The Morgan fingerprint density at radius 2 is 1.90 bits per heavy atom. The van der Waals surface area contributed by atoms with Crippen LogP contribution >= 0.6 is 11.3 Å². The lowest BCUT2D eigenvalue weighted by atomic mass is 9.85. The van der Waals surface area contributed by atoms with Gasteiger partial charge < -0.3 is 14.7 Å². The second-order valence-corrected chi connectivity index (χ2v) is 9.14. The van der Waals surface area contributed by atoms with Crippen LogP contribution in [0.1, 0.15) is 54.0 Å². The molecule has 1 atom stereocenters. The maximum atomic E-state index is 13.1. The molecular formula is C23H27NO4S. The molecular weight excluding hydrogens is 386 g/mol. The molecule has 5 nitrogen and oxygen atoms in total. The lowest BCUT2D eigenvalue weighted by Crippen LogP contribution is -2.32. The van der Waals surface area contributed by atoms with E-state index >= 15 is 0 Å². The molecule has 154 valence electrons. The lowest BCUT2D eigenvalue weighted by molar-refractivity contribution is -0.129. The molecule has 1 aliphatic rings. The summed E-state index contributed by atoms with van der Waals surface area (Å²) in [5, 5.41) is 12.4. The van der Waals surface area contributed by atoms with Gasteiger partial charge in [0.25, 0.3) is 5.91 Å². The van der Waals surface area contributed by atoms with E-state index in [-0.39, 0.29) is 16.8 Å². The largest absolute Gasteiger partial charge is 0.503 e. The summed E-state index contributed by atoms with van der Waals surface area (Å²) in [6, 6.07) is 10.8. The Morgan fingerprint density at radius 1 is 1.21 bits per heavy atom. The first-order valence-electron chi connectivity index (χ1n) is 9.67. The highest BCUT2D eigenvalue weighted by molar-refractivity contribution is 7.12. The summed E-state index contributed by atoms with van der Waals surface area (Å²) in [6.45, 7) is 7.29. The van der Waals surface area contributed by atoms with E-state index in [0.29, 0.717) is 24.4 Å². The molecule has 0 bridgehead atoms. The number of carbonyl (C=O) groups is 2. The zero-order chi connectivity index (χ0) is 21.2. The Balaban J connectivity index is 2.02. The Labute approximate surface area is 175 Å². The molecule has 0 spiro atoms. The molecule has 29 heavy (non-hydrogen) atoms. The van der Waals surface area contributed by atoms with Gasteiger partial charge in [0.05, 0.1) is 16.5 Å². The Hall–Kier alpha value is -2.44. The first-order valence-corrected chi connectivity index (χ1v) is 10.6. The van der Waals surface area contributed by atoms with Crippen LogP contribution < -0.4 is 0 Å². The average Bonchev–Trinajstić information content (AvgIpc) is 3.30. The van der Waals surface area contributed by atoms with Gasteiger partial charge in [-0.1, -0.05) is 51.1 Å². The van der Waals surface area contributed by atoms with Crippen LogP contribution in [0.2, 0.25) is 0 Å². The van der Waals surface area contributed by atoms with Crippen molar-refractivity contribution in [3.05, 3.63) is 69.1 Å². The van der Waals surface area contributed by atoms with Gasteiger partial charge in [-0.3, -0.25) is 9.59 Å². The second kappa shape index (κ2) is 8.51. The quantitative estimate of drug-likeness (QED) is 0.530. The number of carbonyl (C=O) groups excluding carboxylic acids is 2. The summed E-state index contributed by atoms with van der Waals surface area (Å²) in [5.74, 6) is -1.26. The predicted octanol–water partition coefficient (Wildman–Crippen LogP) is 4.66. The number of nitrogens with zero attached hydrogens (tertiary/aromatic N) is 1. The van der Waals surface area contributed by atoms with E-state index in [1.807, 2.05) is 29.6 Å². The molecule has 1 amide bonds. The summed E-state index contributed by atoms with van der Waals surface area (Å²) in [7, 11) is 1.61. The molecule has 3 rings (SSSR count). The van der Waals surface area contributed by atoms with E-state index in [1.165, 1.54) is 11.3 Å². The van der Waals surface area contributed by atoms with Crippen molar-refractivity contribution in [3.8, 4) is 0 Å². The highest BCUT2D eigenvalue weighted by Gasteiger charge is 2.43. The Morgan fingerprint density at radius 3 is 2.45 bits per heavy atom. The van der Waals surface area contributed by atoms with Crippen LogP contribution in [0.4, 0.5) is 0 Å². The summed E-state index contributed by atoms with van der Waals surface area (Å²) in [6.07, 6.45) is 0.618. The van der Waals surface area contributed by atoms with Gasteiger partial charge in [0.15, 0.2) is 5.76 Å². The fourth-order valence-corrected chi connectivity index (χ4v) is 4.23. The molecule has 1 aromatic carbocycles. The van der Waals surface area contributed by atoms with E-state index < -0.39 is 17.7 Å². The van der Waals surface area contributed by atoms with Crippen molar-refractivity contribution in [1.29, 1.82) is 0 Å². The SMILES string of the molecule is COCCCN1C(=O)C(O)=C(C(=O)c2cccs2)[C@@H]1c1ccc(C(C)(C)C)cc1. The van der Waals surface area contributed by atoms with Crippen molar-refractivity contribution in [1.82, 2.24) is 4.90 Å². The van der Waals surface area contributed by atoms with E-state index in [1.54, 1.807) is 24.1 Å². The number of aliphatic hydroxyl groups excluding tert-OH is 1. The molecule has 0 aliphatic carbocycles. The monoisotopic (exact) mass is 413 g/mol. The van der Waals surface area contributed by atoms with Crippen LogP contribution in [0.5, 0.6) is 0 Å². The van der Waals surface area contributed by atoms with Crippen molar-refractivity contribution >= 4 is 23.0 Å². The van der Waals surface area contributed by atoms with Crippen LogP contribution in [0.3, 0.4) is 0 Å². The van der Waals surface area contributed by atoms with E-state index in [0.717, 1.165) is 11.1 Å². The number of thiophene rings is 1. The molecule has 6 heteroatoms. The van der Waals surface area contributed by atoms with Gasteiger partial charge in [-0.2, -0.15) is 0 Å². The Kier molecular flexibility index (Phi) is 6.24. The van der Waals surface area contributed by atoms with Crippen molar-refractivity contribution in [2.75, 3.05) is 20.3 Å². The third-order valence-corrected chi connectivity index (χ3v) is 6.00. The van der Waals surface area contributed by atoms with Crippen molar-refractivity contribution in [2.24, 2.45) is 0 Å². The summed E-state index contributed by atoms with van der Waals surface area (Å²) in [4.78, 5) is 28.0. The fraction of sp³-hybridized carbons (Fsp3) is 0.391. The molecule has 0 saturated carbocycles. The maximum absolute atomic E-state index is 13.1. The van der Waals surface area contributed by atoms with Gasteiger partial charge in [0.2, 0.25) is 5.78 Å². The fourth-order valence-electron chi connectivity index (χ4n) is 3.55. The van der Waals surface area contributed by atoms with Crippen molar-refractivity contribution in [2.45, 2.75) is 38.6 Å². The summed E-state index contributed by atoms with van der Waals surface area (Å²) < 4.78 is 5.11. The number of benzene rings is 1. The standard InChI is InChI=1S/C23H27NO4S/c1-23(2,3)16-10-8-15(9-11-16)19-18(20(25)17-7-5-14-29-17)21(26)22(27)24(19)12-6-13-28-4/h5,7-11,14,19,26H,6,12-13H2,1-4H3/t19-/m0/s1. The van der Waals surface area contributed by atoms with E-state index in [9.17, 15) is 14.7 Å². The molecule has 2 aromatic rings. The number of methoxy groups -OCH3 is 1. The minimum atomic E-state index is -0.608. The number of rotatable bonds is 7. The number of ether oxygens (including phenoxy) is 1. The zero-order valence-corrected chi connectivity index (χ0v) is 18.1. The number of hydrogen-bond donors (Lipinski definition) is 1. The predicted molar refractivity (Wildman–Crippen MR) is 114 cm³/mol. The topological polar surface area (TPSA) is 66.8 Å². The van der Waals surface area contributed by atoms with Crippen LogP contribution in [0.25, 0.3) is 0 Å². The molecule has 0 saturated heterocycles. The molecule has 1 aromatic heterocycles. The van der Waals surface area contributed by atoms with Crippen LogP contribution in [-0.2, 0) is 14.9 Å². The highest BCUT2D eigenvalue weighted by Crippen LogP contribution is 2.40. The van der Waals surface area contributed by atoms with Gasteiger partial charge in [0, 0.05) is 20.3 Å². The molecule has 0 fully saturated rings. The Bertz CT molecular complexity index is 907. The normalized spacial score (nSPS) is 17.3. The van der Waals surface area contributed by atoms with Gasteiger partial charge in [-0.15, -0.1) is 11.3 Å². The van der Waals surface area contributed by atoms with Crippen molar-refractivity contribution in [3.63, 3.8) is 0 Å². The van der Waals surface area contributed by atoms with Crippen LogP contribution in [0, 0.1) is 0 Å². The number of hydrogen-bond acceptors (Lipinski definition) is 5. The first kappa shape index (κ1) is 21.3. The molecule has 0 unspecified atom stereocenters. The van der Waals surface area contributed by atoms with Crippen molar-refractivity contribution < 1.29 is 19.4 Å². The maximum Gasteiger partial charge on any atom is 0.290 e. The molecule has 0 radical (unpaired) electrons. The van der Waals surface area contributed by atoms with Gasteiger partial charge in [-0.05, 0) is 34.4 Å². The molecule has 1 aliphatic heterocycles. The molecule has 1 N–H and O–H groups in total. The number of Topliss-reactive ketones (excluding diaryl/α,β-unsaturated/α-hetero) is 1.